The highest BCUT2D eigenvalue weighted by Gasteiger charge is 2.36. The number of hydrogen-bond acceptors (Lipinski definition) is 2. The molecule has 1 heterocycles. The summed E-state index contributed by atoms with van der Waals surface area (Å²) in [5, 5.41) is 0. The zero-order chi connectivity index (χ0) is 8.77. The molecule has 0 N–H and O–H groups in total. The van der Waals surface area contributed by atoms with E-state index in [-0.39, 0.29) is 0 Å². The lowest BCUT2D eigenvalue weighted by Gasteiger charge is -2.10. The maximum Gasteiger partial charge on any atom is 0.404 e. The molecule has 1 aromatic carbocycles. The first kappa shape index (κ1) is 7.86. The van der Waals surface area contributed by atoms with Gasteiger partial charge in [0.25, 0.3) is 0 Å². The van der Waals surface area contributed by atoms with E-state index in [1.54, 1.807) is 18.2 Å². The third-order valence-electron chi connectivity index (χ3n) is 1.49. The summed E-state index contributed by atoms with van der Waals surface area (Å²) in [7, 11) is 0. The normalized spacial score (nSPS) is 25.9. The minimum Gasteiger partial charge on any atom is -0.423 e. The Morgan fingerprint density at radius 1 is 1.33 bits per heavy atom. The van der Waals surface area contributed by atoms with E-state index < -0.39 is 6.04 Å². The van der Waals surface area contributed by atoms with Gasteiger partial charge in [-0.25, -0.2) is 0 Å². The summed E-state index contributed by atoms with van der Waals surface area (Å²) >= 11 is 3.24. The predicted molar refractivity (Wildman–Crippen MR) is 44.9 cm³/mol. The molecule has 1 atom stereocenters. The molecule has 0 spiro atoms. The van der Waals surface area contributed by atoms with Gasteiger partial charge in [0.15, 0.2) is 11.5 Å². The van der Waals surface area contributed by atoms with Crippen LogP contribution in [0, 0.1) is 0 Å². The molecule has 0 radical (unpaired) electrons. The SMILES string of the molecule is CC1(F)Oc2ccc(Br)cc2O1. The Hall–Kier alpha value is -0.770. The fraction of sp³-hybridized carbons (Fsp3) is 0.250. The maximum atomic E-state index is 13.1. The number of alkyl halides is 1. The number of fused-ring (bicyclic) bond motifs is 1. The van der Waals surface area contributed by atoms with E-state index in [1.807, 2.05) is 0 Å². The lowest BCUT2D eigenvalue weighted by molar-refractivity contribution is -0.173. The van der Waals surface area contributed by atoms with Crippen molar-refractivity contribution in [3.63, 3.8) is 0 Å². The van der Waals surface area contributed by atoms with Crippen LogP contribution in [0.25, 0.3) is 0 Å². The van der Waals surface area contributed by atoms with Gasteiger partial charge in [-0.3, -0.25) is 0 Å². The molecular weight excluding hydrogens is 227 g/mol. The summed E-state index contributed by atoms with van der Waals surface area (Å²) in [4.78, 5) is 0. The van der Waals surface area contributed by atoms with Gasteiger partial charge < -0.3 is 9.47 Å². The van der Waals surface area contributed by atoms with Gasteiger partial charge in [0, 0.05) is 11.4 Å². The van der Waals surface area contributed by atoms with Crippen molar-refractivity contribution < 1.29 is 13.9 Å². The standard InChI is InChI=1S/C8H6BrFO2/c1-8(10)11-6-3-2-5(9)4-7(6)12-8/h2-4H,1H3. The van der Waals surface area contributed by atoms with Crippen molar-refractivity contribution >= 4 is 15.9 Å². The summed E-state index contributed by atoms with van der Waals surface area (Å²) in [6.07, 6.45) is 0. The molecule has 0 saturated carbocycles. The second kappa shape index (κ2) is 2.36. The van der Waals surface area contributed by atoms with Crippen molar-refractivity contribution in [3.05, 3.63) is 22.7 Å². The summed E-state index contributed by atoms with van der Waals surface area (Å²) in [6.45, 7) is 1.22. The van der Waals surface area contributed by atoms with Crippen molar-refractivity contribution in [1.29, 1.82) is 0 Å². The average Bonchev–Trinajstić information content (AvgIpc) is 2.21. The van der Waals surface area contributed by atoms with E-state index in [2.05, 4.69) is 15.9 Å². The van der Waals surface area contributed by atoms with Crippen molar-refractivity contribution in [2.24, 2.45) is 0 Å². The average molecular weight is 233 g/mol. The Kier molecular flexibility index (Phi) is 1.54. The molecule has 0 saturated heterocycles. The smallest absolute Gasteiger partial charge is 0.404 e. The predicted octanol–water partition coefficient (Wildman–Crippen LogP) is 2.86. The molecule has 2 nitrogen and oxygen atoms in total. The van der Waals surface area contributed by atoms with Gasteiger partial charge in [0.05, 0.1) is 0 Å². The summed E-state index contributed by atoms with van der Waals surface area (Å²) < 4.78 is 23.6. The highest BCUT2D eigenvalue weighted by atomic mass is 79.9. The lowest BCUT2D eigenvalue weighted by atomic mass is 10.3. The van der Waals surface area contributed by atoms with E-state index >= 15 is 0 Å². The van der Waals surface area contributed by atoms with Gasteiger partial charge in [-0.15, -0.1) is 0 Å². The van der Waals surface area contributed by atoms with E-state index in [1.165, 1.54) is 6.92 Å². The lowest BCUT2D eigenvalue weighted by Crippen LogP contribution is -2.27. The number of ether oxygens (including phenoxy) is 2. The van der Waals surface area contributed by atoms with Crippen LogP contribution in [0.5, 0.6) is 11.5 Å². The highest BCUT2D eigenvalue weighted by molar-refractivity contribution is 9.10. The van der Waals surface area contributed by atoms with Gasteiger partial charge in [0.2, 0.25) is 0 Å². The van der Waals surface area contributed by atoms with Crippen LogP contribution in [0.2, 0.25) is 0 Å². The number of hydrogen-bond donors (Lipinski definition) is 0. The Labute approximate surface area is 77.4 Å². The summed E-state index contributed by atoms with van der Waals surface area (Å²) in [6, 6.07) is 3.07. The van der Waals surface area contributed by atoms with Gasteiger partial charge in [0.1, 0.15) is 0 Å². The third-order valence-corrected chi connectivity index (χ3v) is 1.98. The van der Waals surface area contributed by atoms with Crippen LogP contribution in [0.15, 0.2) is 22.7 Å². The van der Waals surface area contributed by atoms with Gasteiger partial charge in [-0.2, -0.15) is 4.39 Å². The van der Waals surface area contributed by atoms with Crippen LogP contribution in [0.1, 0.15) is 6.92 Å². The van der Waals surface area contributed by atoms with Gasteiger partial charge >= 0.3 is 6.04 Å². The van der Waals surface area contributed by atoms with Crippen molar-refractivity contribution in [3.8, 4) is 11.5 Å². The van der Waals surface area contributed by atoms with Crippen LogP contribution in [-0.4, -0.2) is 6.04 Å². The Bertz CT molecular complexity index is 325. The molecule has 0 bridgehead atoms. The van der Waals surface area contributed by atoms with E-state index in [9.17, 15) is 4.39 Å². The van der Waals surface area contributed by atoms with Crippen LogP contribution >= 0.6 is 15.9 Å². The molecule has 1 aliphatic rings. The van der Waals surface area contributed by atoms with Crippen molar-refractivity contribution in [2.45, 2.75) is 13.0 Å². The molecule has 0 aromatic heterocycles. The van der Waals surface area contributed by atoms with Crippen molar-refractivity contribution in [2.75, 3.05) is 0 Å². The maximum absolute atomic E-state index is 13.1. The van der Waals surface area contributed by atoms with Crippen molar-refractivity contribution in [1.82, 2.24) is 0 Å². The summed E-state index contributed by atoms with van der Waals surface area (Å²) in [5.74, 6) is 0.859. The van der Waals surface area contributed by atoms with Crippen LogP contribution < -0.4 is 9.47 Å². The van der Waals surface area contributed by atoms with Crippen LogP contribution in [0.4, 0.5) is 4.39 Å². The van der Waals surface area contributed by atoms with Gasteiger partial charge in [-0.1, -0.05) is 15.9 Å². The molecule has 1 aromatic rings. The molecule has 2 rings (SSSR count). The quantitative estimate of drug-likeness (QED) is 0.685. The zero-order valence-electron chi connectivity index (χ0n) is 6.30. The second-order valence-corrected chi connectivity index (χ2v) is 3.55. The van der Waals surface area contributed by atoms with E-state index in [4.69, 9.17) is 9.47 Å². The minimum atomic E-state index is -2.02. The number of rotatable bonds is 0. The first-order valence-corrected chi connectivity index (χ1v) is 4.23. The third kappa shape index (κ3) is 1.27. The monoisotopic (exact) mass is 232 g/mol. The number of benzene rings is 1. The van der Waals surface area contributed by atoms with E-state index in [0.29, 0.717) is 11.5 Å². The van der Waals surface area contributed by atoms with E-state index in [0.717, 1.165) is 4.47 Å². The molecule has 1 unspecified atom stereocenters. The summed E-state index contributed by atoms with van der Waals surface area (Å²) in [5.41, 5.74) is 0. The molecule has 0 aliphatic carbocycles. The fourth-order valence-electron chi connectivity index (χ4n) is 1.06. The topological polar surface area (TPSA) is 18.5 Å². The molecule has 0 amide bonds. The van der Waals surface area contributed by atoms with Crippen LogP contribution in [-0.2, 0) is 0 Å². The molecule has 12 heavy (non-hydrogen) atoms. The molecule has 1 aliphatic heterocycles. The molecular formula is C8H6BrFO2. The first-order chi connectivity index (χ1) is 5.57. The Balaban J connectivity index is 2.43. The first-order valence-electron chi connectivity index (χ1n) is 3.43. The second-order valence-electron chi connectivity index (χ2n) is 2.63. The van der Waals surface area contributed by atoms with Crippen LogP contribution in [0.3, 0.4) is 0 Å². The number of halogens is 2. The minimum absolute atomic E-state index is 0.425. The molecule has 64 valence electrons. The molecule has 0 fully saturated rings. The zero-order valence-corrected chi connectivity index (χ0v) is 7.89. The highest BCUT2D eigenvalue weighted by Crippen LogP contribution is 2.41. The largest absolute Gasteiger partial charge is 0.423 e. The Morgan fingerprint density at radius 3 is 2.75 bits per heavy atom. The fourth-order valence-corrected chi connectivity index (χ4v) is 1.40. The van der Waals surface area contributed by atoms with Gasteiger partial charge in [-0.05, 0) is 18.2 Å². The Morgan fingerprint density at radius 2 is 2.00 bits per heavy atom. The molecule has 4 heteroatoms.